The second-order valence-electron chi connectivity index (χ2n) is 8.59. The maximum atomic E-state index is 6.65. The van der Waals surface area contributed by atoms with Gasteiger partial charge in [-0.05, 0) is 69.8 Å². The Hall–Kier alpha value is -0.0725. The van der Waals surface area contributed by atoms with Crippen molar-refractivity contribution in [2.45, 2.75) is 71.1 Å². The summed E-state index contributed by atoms with van der Waals surface area (Å²) in [5, 5.41) is 0. The highest BCUT2D eigenvalue weighted by molar-refractivity contribution is 6.93. The van der Waals surface area contributed by atoms with E-state index in [1.54, 1.807) is 0 Å². The fraction of sp³-hybridized carbons (Fsp3) is 0.647. The van der Waals surface area contributed by atoms with Crippen molar-refractivity contribution >= 4 is 34.2 Å². The Labute approximate surface area is 157 Å². The van der Waals surface area contributed by atoms with Crippen molar-refractivity contribution in [3.05, 3.63) is 35.9 Å². The second-order valence-corrected chi connectivity index (χ2v) is 23.0. The Bertz CT molecular complexity index is 555. The molecule has 1 saturated heterocycles. The highest BCUT2D eigenvalue weighted by atomic mass is 28.5. The van der Waals surface area contributed by atoms with E-state index in [1.807, 2.05) is 0 Å². The van der Waals surface area contributed by atoms with E-state index < -0.39 is 34.2 Å². The number of hydrogen-bond acceptors (Lipinski definition) is 4. The normalized spacial score (nSPS) is 25.6. The first-order valence-electron chi connectivity index (χ1n) is 9.17. The van der Waals surface area contributed by atoms with Gasteiger partial charge in [-0.15, -0.1) is 0 Å². The third-order valence-electron chi connectivity index (χ3n) is 4.31. The van der Waals surface area contributed by atoms with E-state index in [0.717, 1.165) is 12.5 Å². The van der Waals surface area contributed by atoms with Crippen LogP contribution in [0.25, 0.3) is 0 Å². The number of hydrogen-bond donors (Lipinski definition) is 0. The Kier molecular flexibility index (Phi) is 6.38. The minimum Gasteiger partial charge on any atom is -0.416 e. The molecule has 0 saturated carbocycles. The smallest absolute Gasteiger partial charge is 0.317 e. The van der Waals surface area contributed by atoms with Crippen molar-refractivity contribution < 1.29 is 16.5 Å². The molecule has 142 valence electrons. The summed E-state index contributed by atoms with van der Waals surface area (Å²) in [6.07, 6.45) is 1.06. The standard InChI is InChI=1S/C17H34O4Si4/c1-16(17-12-10-9-11-13-17)14-15-25(8)20-23(4,5)18-22(2,3)19-24(6,7)21-25/h9-13,16H,14-15H2,1-8H3. The molecule has 1 aliphatic rings. The lowest BCUT2D eigenvalue weighted by molar-refractivity contribution is 0.233. The zero-order valence-corrected chi connectivity index (χ0v) is 21.0. The molecule has 0 aromatic heterocycles. The maximum Gasteiger partial charge on any atom is 0.317 e. The predicted molar refractivity (Wildman–Crippen MR) is 113 cm³/mol. The van der Waals surface area contributed by atoms with Gasteiger partial charge in [-0.1, -0.05) is 37.3 Å². The number of benzene rings is 1. The predicted octanol–water partition coefficient (Wildman–Crippen LogP) is 5.44. The highest BCUT2D eigenvalue weighted by Gasteiger charge is 2.52. The third kappa shape index (κ3) is 6.54. The summed E-state index contributed by atoms with van der Waals surface area (Å²) in [4.78, 5) is 0. The first kappa shape index (κ1) is 21.2. The molecule has 0 aliphatic carbocycles. The van der Waals surface area contributed by atoms with Gasteiger partial charge in [0.15, 0.2) is 0 Å². The molecule has 1 unspecified atom stereocenters. The molecular formula is C17H34O4Si4. The number of rotatable bonds is 4. The van der Waals surface area contributed by atoms with E-state index in [9.17, 15) is 0 Å². The molecule has 0 N–H and O–H groups in total. The van der Waals surface area contributed by atoms with Gasteiger partial charge in [-0.2, -0.15) is 0 Å². The van der Waals surface area contributed by atoms with Gasteiger partial charge in [0.2, 0.25) is 0 Å². The highest BCUT2D eigenvalue weighted by Crippen LogP contribution is 2.34. The Balaban J connectivity index is 2.13. The molecule has 1 aromatic rings. The Morgan fingerprint density at radius 1 is 0.720 bits per heavy atom. The molecule has 25 heavy (non-hydrogen) atoms. The molecule has 0 radical (unpaired) electrons. The Morgan fingerprint density at radius 2 is 1.16 bits per heavy atom. The summed E-state index contributed by atoms with van der Waals surface area (Å²) in [6.45, 7) is 17.2. The molecule has 1 atom stereocenters. The van der Waals surface area contributed by atoms with Gasteiger partial charge in [0.25, 0.3) is 0 Å². The lowest BCUT2D eigenvalue weighted by Crippen LogP contribution is -2.65. The van der Waals surface area contributed by atoms with E-state index in [2.05, 4.69) is 83.1 Å². The molecular weight excluding hydrogens is 381 g/mol. The zero-order valence-electron chi connectivity index (χ0n) is 17.0. The first-order chi connectivity index (χ1) is 11.3. The lowest BCUT2D eigenvalue weighted by Gasteiger charge is -2.47. The van der Waals surface area contributed by atoms with E-state index in [0.29, 0.717) is 5.92 Å². The lowest BCUT2D eigenvalue weighted by atomic mass is 9.99. The van der Waals surface area contributed by atoms with E-state index >= 15 is 0 Å². The summed E-state index contributed by atoms with van der Waals surface area (Å²) in [5.41, 5.74) is 1.37. The van der Waals surface area contributed by atoms with Crippen molar-refractivity contribution in [1.82, 2.24) is 0 Å². The zero-order chi connectivity index (χ0) is 18.9. The molecule has 4 nitrogen and oxygen atoms in total. The van der Waals surface area contributed by atoms with Crippen LogP contribution in [-0.2, 0) is 16.5 Å². The molecule has 0 bridgehead atoms. The average molecular weight is 415 g/mol. The van der Waals surface area contributed by atoms with Gasteiger partial charge in [-0.3, -0.25) is 0 Å². The maximum absolute atomic E-state index is 6.65. The topological polar surface area (TPSA) is 36.9 Å². The minimum atomic E-state index is -2.35. The van der Waals surface area contributed by atoms with Crippen LogP contribution < -0.4 is 0 Å². The first-order valence-corrected chi connectivity index (χ1v) is 20.1. The summed E-state index contributed by atoms with van der Waals surface area (Å²) in [5.74, 6) is 0.491. The van der Waals surface area contributed by atoms with Gasteiger partial charge < -0.3 is 16.5 Å². The molecule has 2 rings (SSSR count). The van der Waals surface area contributed by atoms with Crippen LogP contribution in [0.2, 0.25) is 51.9 Å². The van der Waals surface area contributed by atoms with Crippen LogP contribution in [-0.4, -0.2) is 34.2 Å². The third-order valence-corrected chi connectivity index (χ3v) is 20.8. The van der Waals surface area contributed by atoms with Gasteiger partial charge in [0, 0.05) is 0 Å². The van der Waals surface area contributed by atoms with Crippen molar-refractivity contribution in [1.29, 1.82) is 0 Å². The van der Waals surface area contributed by atoms with Gasteiger partial charge in [0.05, 0.1) is 0 Å². The molecule has 1 heterocycles. The molecule has 8 heteroatoms. The molecule has 1 fully saturated rings. The van der Waals surface area contributed by atoms with Crippen molar-refractivity contribution in [3.8, 4) is 0 Å². The quantitative estimate of drug-likeness (QED) is 0.615. The van der Waals surface area contributed by atoms with Crippen molar-refractivity contribution in [2.24, 2.45) is 0 Å². The van der Waals surface area contributed by atoms with Crippen LogP contribution >= 0.6 is 0 Å². The van der Waals surface area contributed by atoms with Crippen LogP contribution in [0, 0.1) is 0 Å². The second kappa shape index (κ2) is 7.51. The van der Waals surface area contributed by atoms with Crippen molar-refractivity contribution in [3.63, 3.8) is 0 Å². The summed E-state index contributed by atoms with van der Waals surface area (Å²) in [7, 11) is -9.08. The molecule has 0 amide bonds. The largest absolute Gasteiger partial charge is 0.416 e. The summed E-state index contributed by atoms with van der Waals surface area (Å²) in [6, 6.07) is 11.6. The monoisotopic (exact) mass is 414 g/mol. The molecule has 0 spiro atoms. The SMILES string of the molecule is CC(CC[Si]1(C)O[Si](C)(C)O[Si](C)(C)O[Si](C)(C)O1)c1ccccc1. The average Bonchev–Trinajstić information content (AvgIpc) is 2.40. The van der Waals surface area contributed by atoms with Gasteiger partial charge in [-0.25, -0.2) is 0 Å². The van der Waals surface area contributed by atoms with Crippen molar-refractivity contribution in [2.75, 3.05) is 0 Å². The van der Waals surface area contributed by atoms with Gasteiger partial charge in [0.1, 0.15) is 0 Å². The van der Waals surface area contributed by atoms with Crippen LogP contribution in [0.4, 0.5) is 0 Å². The molecule has 1 aliphatic heterocycles. The van der Waals surface area contributed by atoms with E-state index in [1.165, 1.54) is 5.56 Å². The summed E-state index contributed by atoms with van der Waals surface area (Å²) >= 11 is 0. The fourth-order valence-electron chi connectivity index (χ4n) is 3.84. The van der Waals surface area contributed by atoms with Crippen LogP contribution in [0.15, 0.2) is 30.3 Å². The van der Waals surface area contributed by atoms with Crippen LogP contribution in [0.5, 0.6) is 0 Å². The minimum absolute atomic E-state index is 0.491. The van der Waals surface area contributed by atoms with Crippen LogP contribution in [0.3, 0.4) is 0 Å². The molecule has 1 aromatic carbocycles. The van der Waals surface area contributed by atoms with E-state index in [-0.39, 0.29) is 0 Å². The Morgan fingerprint density at radius 3 is 1.64 bits per heavy atom. The van der Waals surface area contributed by atoms with Gasteiger partial charge >= 0.3 is 34.2 Å². The van der Waals surface area contributed by atoms with E-state index in [4.69, 9.17) is 16.5 Å². The summed E-state index contributed by atoms with van der Waals surface area (Å²) < 4.78 is 26.1. The van der Waals surface area contributed by atoms with Crippen LogP contribution in [0.1, 0.15) is 24.8 Å². The fourth-order valence-corrected chi connectivity index (χ4v) is 25.6.